The summed E-state index contributed by atoms with van der Waals surface area (Å²) in [6.07, 6.45) is 4.47. The fourth-order valence-electron chi connectivity index (χ4n) is 6.56. The Morgan fingerprint density at radius 2 is 1.38 bits per heavy atom. The van der Waals surface area contributed by atoms with E-state index in [4.69, 9.17) is 18.9 Å². The first-order valence-electron chi connectivity index (χ1n) is 12.5. The summed E-state index contributed by atoms with van der Waals surface area (Å²) in [6, 6.07) is 9.56. The number of hydrogen-bond donors (Lipinski definition) is 1. The van der Waals surface area contributed by atoms with E-state index in [1.165, 1.54) is 28.7 Å². The SMILES string of the molecule is COc1cc2c(cc1OC)C(CC1CCN3CCc4cc(OC)c(OC)cc4C3C1C)NCC2. The van der Waals surface area contributed by atoms with Crippen LogP contribution in [0.15, 0.2) is 24.3 Å². The molecule has 2 aromatic rings. The molecule has 1 N–H and O–H groups in total. The second kappa shape index (κ2) is 9.67. The molecule has 6 heteroatoms. The molecule has 5 rings (SSSR count). The zero-order chi connectivity index (χ0) is 23.8. The third-order valence-corrected chi connectivity index (χ3v) is 8.40. The molecule has 3 aliphatic heterocycles. The Morgan fingerprint density at radius 3 is 2.03 bits per heavy atom. The molecule has 4 unspecified atom stereocenters. The molecule has 0 spiro atoms. The number of rotatable bonds is 6. The highest BCUT2D eigenvalue weighted by atomic mass is 16.5. The summed E-state index contributed by atoms with van der Waals surface area (Å²) in [5, 5.41) is 3.81. The molecule has 1 fully saturated rings. The van der Waals surface area contributed by atoms with Gasteiger partial charge in [-0.2, -0.15) is 0 Å². The van der Waals surface area contributed by atoms with Gasteiger partial charge in [0.15, 0.2) is 23.0 Å². The topological polar surface area (TPSA) is 52.2 Å². The van der Waals surface area contributed by atoms with Crippen molar-refractivity contribution < 1.29 is 18.9 Å². The van der Waals surface area contributed by atoms with E-state index < -0.39 is 0 Å². The quantitative estimate of drug-likeness (QED) is 0.674. The summed E-state index contributed by atoms with van der Waals surface area (Å²) in [5.41, 5.74) is 5.58. The van der Waals surface area contributed by atoms with Gasteiger partial charge in [-0.1, -0.05) is 6.92 Å². The van der Waals surface area contributed by atoms with Crippen LogP contribution in [0.25, 0.3) is 0 Å². The molecule has 0 amide bonds. The number of methoxy groups -OCH3 is 4. The average molecular weight is 467 g/mol. The minimum absolute atomic E-state index is 0.344. The summed E-state index contributed by atoms with van der Waals surface area (Å²) in [7, 11) is 6.88. The molecule has 1 saturated heterocycles. The van der Waals surface area contributed by atoms with Gasteiger partial charge in [-0.15, -0.1) is 0 Å². The average Bonchev–Trinajstić information content (AvgIpc) is 2.88. The van der Waals surface area contributed by atoms with E-state index in [9.17, 15) is 0 Å². The van der Waals surface area contributed by atoms with Crippen molar-refractivity contribution in [3.05, 3.63) is 46.5 Å². The molecule has 0 bridgehead atoms. The van der Waals surface area contributed by atoms with E-state index in [0.717, 1.165) is 61.9 Å². The Balaban J connectivity index is 1.42. The summed E-state index contributed by atoms with van der Waals surface area (Å²) in [6.45, 7) is 5.72. The fourth-order valence-corrected chi connectivity index (χ4v) is 6.56. The standard InChI is InChI=1S/C28H38N2O4/c1-17-18(12-23-21-15-26(33-4)24(31-2)13-19(21)6-9-29-23)7-10-30-11-8-20-14-25(32-3)27(34-5)16-22(20)28(17)30/h13-18,23,28-29H,6-12H2,1-5H3. The number of nitrogens with zero attached hydrogens (tertiary/aromatic N) is 1. The van der Waals surface area contributed by atoms with Crippen LogP contribution >= 0.6 is 0 Å². The Morgan fingerprint density at radius 1 is 0.794 bits per heavy atom. The van der Waals surface area contributed by atoms with Crippen molar-refractivity contribution >= 4 is 0 Å². The van der Waals surface area contributed by atoms with E-state index in [-0.39, 0.29) is 0 Å². The van der Waals surface area contributed by atoms with Crippen LogP contribution in [0.1, 0.15) is 54.1 Å². The third kappa shape index (κ3) is 4.01. The smallest absolute Gasteiger partial charge is 0.161 e. The largest absolute Gasteiger partial charge is 0.493 e. The molecule has 0 saturated carbocycles. The van der Waals surface area contributed by atoms with Crippen LogP contribution < -0.4 is 24.3 Å². The lowest BCUT2D eigenvalue weighted by Crippen LogP contribution is -2.46. The highest BCUT2D eigenvalue weighted by Gasteiger charge is 2.41. The minimum Gasteiger partial charge on any atom is -0.493 e. The fraction of sp³-hybridized carbons (Fsp3) is 0.571. The molecule has 6 nitrogen and oxygen atoms in total. The first-order chi connectivity index (χ1) is 16.6. The summed E-state index contributed by atoms with van der Waals surface area (Å²) in [4.78, 5) is 2.69. The molecule has 184 valence electrons. The molecule has 2 aromatic carbocycles. The molecular weight excluding hydrogens is 428 g/mol. The maximum absolute atomic E-state index is 5.67. The van der Waals surface area contributed by atoms with Crippen molar-refractivity contribution in [1.82, 2.24) is 10.2 Å². The monoisotopic (exact) mass is 466 g/mol. The molecule has 3 aliphatic rings. The number of ether oxygens (including phenoxy) is 4. The zero-order valence-electron chi connectivity index (χ0n) is 21.1. The number of piperidine rings is 1. The Kier molecular flexibility index (Phi) is 6.63. The third-order valence-electron chi connectivity index (χ3n) is 8.40. The van der Waals surface area contributed by atoms with E-state index in [0.29, 0.717) is 23.9 Å². The lowest BCUT2D eigenvalue weighted by atomic mass is 9.71. The summed E-state index contributed by atoms with van der Waals surface area (Å²) in [5.74, 6) is 4.50. The van der Waals surface area contributed by atoms with Crippen LogP contribution in [0, 0.1) is 11.8 Å². The van der Waals surface area contributed by atoms with Crippen molar-refractivity contribution in [2.75, 3.05) is 48.1 Å². The van der Waals surface area contributed by atoms with Gasteiger partial charge in [0.1, 0.15) is 0 Å². The van der Waals surface area contributed by atoms with Gasteiger partial charge in [-0.3, -0.25) is 4.90 Å². The maximum Gasteiger partial charge on any atom is 0.161 e. The molecule has 0 aliphatic carbocycles. The summed E-state index contributed by atoms with van der Waals surface area (Å²) < 4.78 is 22.5. The lowest BCUT2D eigenvalue weighted by molar-refractivity contribution is 0.0405. The van der Waals surface area contributed by atoms with Gasteiger partial charge >= 0.3 is 0 Å². The molecule has 4 atom stereocenters. The van der Waals surface area contributed by atoms with E-state index in [1.807, 2.05) is 0 Å². The minimum atomic E-state index is 0.344. The second-order valence-electron chi connectivity index (χ2n) is 9.94. The van der Waals surface area contributed by atoms with Crippen molar-refractivity contribution in [2.24, 2.45) is 11.8 Å². The van der Waals surface area contributed by atoms with Gasteiger partial charge in [0.05, 0.1) is 28.4 Å². The van der Waals surface area contributed by atoms with E-state index >= 15 is 0 Å². The predicted octanol–water partition coefficient (Wildman–Crippen LogP) is 4.55. The Labute approximate surface area is 203 Å². The van der Waals surface area contributed by atoms with Crippen molar-refractivity contribution in [2.45, 2.75) is 44.7 Å². The van der Waals surface area contributed by atoms with Crippen molar-refractivity contribution in [3.63, 3.8) is 0 Å². The van der Waals surface area contributed by atoms with Crippen LogP contribution in [-0.4, -0.2) is 53.0 Å². The van der Waals surface area contributed by atoms with E-state index in [1.54, 1.807) is 28.4 Å². The highest BCUT2D eigenvalue weighted by molar-refractivity contribution is 5.51. The molecule has 0 aromatic heterocycles. The van der Waals surface area contributed by atoms with Gasteiger partial charge in [0.2, 0.25) is 0 Å². The van der Waals surface area contributed by atoms with Crippen LogP contribution in [-0.2, 0) is 12.8 Å². The highest BCUT2D eigenvalue weighted by Crippen LogP contribution is 2.48. The lowest BCUT2D eigenvalue weighted by Gasteiger charge is -2.48. The summed E-state index contributed by atoms with van der Waals surface area (Å²) >= 11 is 0. The van der Waals surface area contributed by atoms with Crippen LogP contribution in [0.5, 0.6) is 23.0 Å². The van der Waals surface area contributed by atoms with Crippen molar-refractivity contribution in [3.8, 4) is 23.0 Å². The van der Waals surface area contributed by atoms with Crippen LogP contribution in [0.2, 0.25) is 0 Å². The van der Waals surface area contributed by atoms with Crippen molar-refractivity contribution in [1.29, 1.82) is 0 Å². The first kappa shape index (κ1) is 23.3. The molecule has 3 heterocycles. The van der Waals surface area contributed by atoms with Gasteiger partial charge in [-0.05, 0) is 97.1 Å². The Hall–Kier alpha value is -2.44. The maximum atomic E-state index is 5.67. The first-order valence-corrected chi connectivity index (χ1v) is 12.5. The zero-order valence-corrected chi connectivity index (χ0v) is 21.1. The van der Waals surface area contributed by atoms with Gasteiger partial charge in [0.25, 0.3) is 0 Å². The molecular formula is C28H38N2O4. The van der Waals surface area contributed by atoms with E-state index in [2.05, 4.69) is 41.4 Å². The number of fused-ring (bicyclic) bond motifs is 4. The van der Waals surface area contributed by atoms with Crippen LogP contribution in [0.3, 0.4) is 0 Å². The van der Waals surface area contributed by atoms with Crippen LogP contribution in [0.4, 0.5) is 0 Å². The van der Waals surface area contributed by atoms with Gasteiger partial charge < -0.3 is 24.3 Å². The number of hydrogen-bond acceptors (Lipinski definition) is 6. The molecule has 0 radical (unpaired) electrons. The number of nitrogens with one attached hydrogen (secondary N) is 1. The number of benzene rings is 2. The predicted molar refractivity (Wildman–Crippen MR) is 133 cm³/mol. The normalized spacial score (nSPS) is 26.1. The van der Waals surface area contributed by atoms with Gasteiger partial charge in [-0.25, -0.2) is 0 Å². The Bertz CT molecular complexity index is 1040. The van der Waals surface area contributed by atoms with Gasteiger partial charge in [0, 0.05) is 18.6 Å². The molecule has 34 heavy (non-hydrogen) atoms. The second-order valence-corrected chi connectivity index (χ2v) is 9.94.